The van der Waals surface area contributed by atoms with Crippen LogP contribution in [-0.4, -0.2) is 33.3 Å². The van der Waals surface area contributed by atoms with E-state index in [-0.39, 0.29) is 30.2 Å². The molecule has 0 aromatic heterocycles. The summed E-state index contributed by atoms with van der Waals surface area (Å²) in [7, 11) is -3.39. The molecule has 0 amide bonds. The maximum absolute atomic E-state index is 12.5. The van der Waals surface area contributed by atoms with Crippen molar-refractivity contribution in [1.29, 1.82) is 0 Å². The van der Waals surface area contributed by atoms with Crippen molar-refractivity contribution in [3.05, 3.63) is 29.8 Å². The van der Waals surface area contributed by atoms with Gasteiger partial charge in [-0.25, -0.2) is 13.2 Å². The van der Waals surface area contributed by atoms with Crippen LogP contribution in [0.15, 0.2) is 29.2 Å². The van der Waals surface area contributed by atoms with E-state index in [2.05, 4.69) is 11.2 Å². The second kappa shape index (κ2) is 5.88. The van der Waals surface area contributed by atoms with Crippen LogP contribution >= 0.6 is 0 Å². The minimum absolute atomic E-state index is 0.104. The van der Waals surface area contributed by atoms with Crippen LogP contribution in [0.3, 0.4) is 0 Å². The van der Waals surface area contributed by atoms with Gasteiger partial charge in [0, 0.05) is 5.56 Å². The number of benzene rings is 1. The van der Waals surface area contributed by atoms with Gasteiger partial charge in [-0.2, -0.15) is 0 Å². The second-order valence-corrected chi connectivity index (χ2v) is 6.83. The van der Waals surface area contributed by atoms with Gasteiger partial charge in [-0.05, 0) is 19.4 Å². The summed E-state index contributed by atoms with van der Waals surface area (Å²) in [6.07, 6.45) is 5.37. The molecule has 21 heavy (non-hydrogen) atoms. The fourth-order valence-electron chi connectivity index (χ4n) is 2.55. The third-order valence-corrected chi connectivity index (χ3v) is 5.31. The number of terminal acetylenes is 1. The molecule has 5 nitrogen and oxygen atoms in total. The molecule has 0 saturated carbocycles. The first-order valence-electron chi connectivity index (χ1n) is 6.66. The highest BCUT2D eigenvalue weighted by Gasteiger charge is 2.48. The van der Waals surface area contributed by atoms with E-state index in [0.29, 0.717) is 5.56 Å². The molecule has 112 valence electrons. The smallest absolute Gasteiger partial charge is 0.331 e. The standard InChI is InChI=1S/C15H17NO4S/c1-3-10-16-15(14(17)20-4-2)9-11-21(18,19)13-8-6-5-7-12(13)15/h1,5-8,16H,4,9-11H2,2H3. The van der Waals surface area contributed by atoms with E-state index in [9.17, 15) is 13.2 Å². The Balaban J connectivity index is 2.61. The van der Waals surface area contributed by atoms with Crippen LogP contribution in [-0.2, 0) is 24.9 Å². The number of fused-ring (bicyclic) bond motifs is 1. The zero-order chi connectivity index (χ0) is 15.5. The van der Waals surface area contributed by atoms with Crippen molar-refractivity contribution in [2.24, 2.45) is 0 Å². The van der Waals surface area contributed by atoms with Crippen LogP contribution in [0.25, 0.3) is 0 Å². The number of hydrogen-bond donors (Lipinski definition) is 1. The lowest BCUT2D eigenvalue weighted by Gasteiger charge is -2.36. The second-order valence-electron chi connectivity index (χ2n) is 4.75. The van der Waals surface area contributed by atoms with Gasteiger partial charge in [0.2, 0.25) is 0 Å². The molecule has 0 radical (unpaired) electrons. The number of carbonyl (C=O) groups excluding carboxylic acids is 1. The Hall–Kier alpha value is -1.84. The van der Waals surface area contributed by atoms with E-state index in [0.717, 1.165) is 0 Å². The van der Waals surface area contributed by atoms with Gasteiger partial charge in [-0.3, -0.25) is 5.32 Å². The van der Waals surface area contributed by atoms with E-state index in [1.54, 1.807) is 25.1 Å². The summed E-state index contributed by atoms with van der Waals surface area (Å²) in [5.41, 5.74) is -0.797. The molecule has 1 unspecified atom stereocenters. The van der Waals surface area contributed by atoms with Gasteiger partial charge in [0.25, 0.3) is 0 Å². The molecule has 0 aliphatic carbocycles. The predicted octanol–water partition coefficient (Wildman–Crippen LogP) is 0.845. The highest BCUT2D eigenvalue weighted by Crippen LogP contribution is 2.37. The molecular weight excluding hydrogens is 290 g/mol. The van der Waals surface area contributed by atoms with Gasteiger partial charge in [-0.1, -0.05) is 24.1 Å². The average molecular weight is 307 g/mol. The highest BCUT2D eigenvalue weighted by atomic mass is 32.2. The van der Waals surface area contributed by atoms with Crippen LogP contribution < -0.4 is 5.32 Å². The van der Waals surface area contributed by atoms with Crippen molar-refractivity contribution >= 4 is 15.8 Å². The largest absolute Gasteiger partial charge is 0.464 e. The number of ether oxygens (including phenoxy) is 1. The van der Waals surface area contributed by atoms with Gasteiger partial charge in [0.1, 0.15) is 5.54 Å². The van der Waals surface area contributed by atoms with Crippen molar-refractivity contribution in [2.45, 2.75) is 23.8 Å². The Labute approximate surface area is 124 Å². The Morgan fingerprint density at radius 3 is 2.86 bits per heavy atom. The molecule has 0 bridgehead atoms. The Morgan fingerprint density at radius 2 is 2.19 bits per heavy atom. The maximum atomic E-state index is 12.5. The molecule has 6 heteroatoms. The molecule has 1 aliphatic rings. The average Bonchev–Trinajstić information content (AvgIpc) is 2.47. The fraction of sp³-hybridized carbons (Fsp3) is 0.400. The van der Waals surface area contributed by atoms with Crippen LogP contribution in [0, 0.1) is 12.3 Å². The molecule has 1 atom stereocenters. The van der Waals surface area contributed by atoms with Crippen molar-refractivity contribution in [3.63, 3.8) is 0 Å². The van der Waals surface area contributed by atoms with Gasteiger partial charge in [0.15, 0.2) is 9.84 Å². The first kappa shape index (κ1) is 15.5. The molecule has 1 aliphatic heterocycles. The topological polar surface area (TPSA) is 72.5 Å². The zero-order valence-electron chi connectivity index (χ0n) is 11.8. The summed E-state index contributed by atoms with van der Waals surface area (Å²) in [6.45, 7) is 2.07. The normalized spacial score (nSPS) is 22.9. The Bertz CT molecular complexity index is 690. The highest BCUT2D eigenvalue weighted by molar-refractivity contribution is 7.91. The maximum Gasteiger partial charge on any atom is 0.331 e. The molecule has 1 heterocycles. The fourth-order valence-corrected chi connectivity index (χ4v) is 4.20. The first-order valence-corrected chi connectivity index (χ1v) is 8.31. The molecule has 0 fully saturated rings. The third-order valence-electron chi connectivity index (χ3n) is 3.54. The SMILES string of the molecule is C#CCNC1(C(=O)OCC)CCS(=O)(=O)c2ccccc21. The van der Waals surface area contributed by atoms with Gasteiger partial charge >= 0.3 is 5.97 Å². The molecule has 1 aromatic rings. The van der Waals surface area contributed by atoms with Crippen molar-refractivity contribution < 1.29 is 17.9 Å². The predicted molar refractivity (Wildman–Crippen MR) is 78.3 cm³/mol. The van der Waals surface area contributed by atoms with Crippen molar-refractivity contribution in [3.8, 4) is 12.3 Å². The molecule has 1 aromatic carbocycles. The van der Waals surface area contributed by atoms with E-state index < -0.39 is 21.3 Å². The monoisotopic (exact) mass is 307 g/mol. The number of carbonyl (C=O) groups is 1. The first-order chi connectivity index (χ1) is 9.98. The summed E-state index contributed by atoms with van der Waals surface area (Å²) in [6, 6.07) is 6.48. The molecule has 1 N–H and O–H groups in total. The van der Waals surface area contributed by atoms with Crippen LogP contribution in [0.2, 0.25) is 0 Å². The number of esters is 1. The minimum Gasteiger partial charge on any atom is -0.464 e. The Kier molecular flexibility index (Phi) is 4.35. The molecular formula is C15H17NO4S. The van der Waals surface area contributed by atoms with E-state index in [1.165, 1.54) is 6.07 Å². The number of sulfone groups is 1. The lowest BCUT2D eigenvalue weighted by Crippen LogP contribution is -2.54. The van der Waals surface area contributed by atoms with Gasteiger partial charge < -0.3 is 4.74 Å². The Morgan fingerprint density at radius 1 is 1.48 bits per heavy atom. The summed E-state index contributed by atoms with van der Waals surface area (Å²) < 4.78 is 29.5. The number of hydrogen-bond acceptors (Lipinski definition) is 5. The molecule has 2 rings (SSSR count). The number of nitrogens with one attached hydrogen (secondary N) is 1. The zero-order valence-corrected chi connectivity index (χ0v) is 12.6. The van der Waals surface area contributed by atoms with Crippen LogP contribution in [0.5, 0.6) is 0 Å². The summed E-state index contributed by atoms with van der Waals surface area (Å²) in [5, 5.41) is 2.99. The molecule has 0 saturated heterocycles. The van der Waals surface area contributed by atoms with Crippen LogP contribution in [0.1, 0.15) is 18.9 Å². The van der Waals surface area contributed by atoms with Crippen molar-refractivity contribution in [2.75, 3.05) is 18.9 Å². The lowest BCUT2D eigenvalue weighted by molar-refractivity contribution is -0.152. The number of rotatable bonds is 4. The lowest BCUT2D eigenvalue weighted by atomic mass is 9.86. The molecule has 0 spiro atoms. The van der Waals surface area contributed by atoms with Crippen LogP contribution in [0.4, 0.5) is 0 Å². The van der Waals surface area contributed by atoms with Crippen molar-refractivity contribution in [1.82, 2.24) is 5.32 Å². The van der Waals surface area contributed by atoms with E-state index in [4.69, 9.17) is 11.2 Å². The summed E-state index contributed by atoms with van der Waals surface area (Å²) in [4.78, 5) is 12.6. The quantitative estimate of drug-likeness (QED) is 0.659. The third kappa shape index (κ3) is 2.67. The van der Waals surface area contributed by atoms with Gasteiger partial charge in [0.05, 0.1) is 23.8 Å². The van der Waals surface area contributed by atoms with E-state index >= 15 is 0 Å². The minimum atomic E-state index is -3.39. The van der Waals surface area contributed by atoms with Gasteiger partial charge in [-0.15, -0.1) is 6.42 Å². The summed E-state index contributed by atoms with van der Waals surface area (Å²) >= 11 is 0. The van der Waals surface area contributed by atoms with E-state index in [1.807, 2.05) is 0 Å². The summed E-state index contributed by atoms with van der Waals surface area (Å²) in [5.74, 6) is 1.80.